The molecule has 0 aromatic carbocycles. The fraction of sp³-hybridized carbons (Fsp3) is 0.750. The molecule has 3 heterocycles. The first-order valence-electron chi connectivity index (χ1n) is 8.32. The van der Waals surface area contributed by atoms with E-state index < -0.39 is 0 Å². The first kappa shape index (κ1) is 22.2. The fourth-order valence-corrected chi connectivity index (χ4v) is 3.57. The van der Waals surface area contributed by atoms with E-state index in [9.17, 15) is 4.79 Å². The Morgan fingerprint density at radius 2 is 2.16 bits per heavy atom. The minimum absolute atomic E-state index is 0. The molecule has 2 aliphatic heterocycles. The van der Waals surface area contributed by atoms with Gasteiger partial charge in [0, 0.05) is 32.6 Å². The van der Waals surface area contributed by atoms with E-state index in [1.807, 2.05) is 21.8 Å². The van der Waals surface area contributed by atoms with E-state index in [-0.39, 0.29) is 42.2 Å². The molecule has 0 radical (unpaired) electrons. The molecular weight excluding hydrogens is 367 g/mol. The molecule has 3 rings (SSSR count). The lowest BCUT2D eigenvalue weighted by atomic mass is 9.78. The topological polar surface area (TPSA) is 68.6 Å². The maximum Gasteiger partial charge on any atom is 0.231 e. The van der Waals surface area contributed by atoms with Crippen molar-refractivity contribution in [2.75, 3.05) is 46.5 Å². The van der Waals surface area contributed by atoms with Crippen LogP contribution < -0.4 is 5.32 Å². The molecule has 144 valence electrons. The highest BCUT2D eigenvalue weighted by Gasteiger charge is 2.43. The summed E-state index contributed by atoms with van der Waals surface area (Å²) in [6.07, 6.45) is 5.34. The van der Waals surface area contributed by atoms with Gasteiger partial charge in [-0.1, -0.05) is 0 Å². The van der Waals surface area contributed by atoms with Crippen LogP contribution in [0.4, 0.5) is 0 Å². The zero-order valence-corrected chi connectivity index (χ0v) is 16.2. The van der Waals surface area contributed by atoms with Gasteiger partial charge in [0.05, 0.1) is 31.3 Å². The number of carbonyl (C=O) groups excluding carboxylic acids is 1. The van der Waals surface area contributed by atoms with Crippen LogP contribution in [-0.4, -0.2) is 73.2 Å². The van der Waals surface area contributed by atoms with E-state index in [0.717, 1.165) is 25.9 Å². The van der Waals surface area contributed by atoms with Crippen molar-refractivity contribution >= 4 is 30.7 Å². The van der Waals surface area contributed by atoms with Gasteiger partial charge < -0.3 is 19.7 Å². The second kappa shape index (κ2) is 10.3. The number of ether oxygens (including phenoxy) is 2. The molecule has 0 aliphatic carbocycles. The standard InChI is InChI=1S/C16H26N4O3.2ClH/c1-22-13-16(3-6-17-7-4-16)15(21)19-9-10-23-14(11-19)12-20-8-2-5-18-20;;/h2,5,8,14,17H,3-4,6-7,9-13H2,1H3;2*1H. The average molecular weight is 395 g/mol. The third-order valence-corrected chi connectivity index (χ3v) is 4.81. The number of nitrogens with one attached hydrogen (secondary N) is 1. The van der Waals surface area contributed by atoms with Crippen LogP contribution >= 0.6 is 24.8 Å². The van der Waals surface area contributed by atoms with Gasteiger partial charge in [-0.3, -0.25) is 9.48 Å². The molecule has 0 spiro atoms. The molecule has 0 saturated carbocycles. The molecule has 1 aromatic heterocycles. The summed E-state index contributed by atoms with van der Waals surface area (Å²) in [4.78, 5) is 15.1. The Hall–Kier alpha value is -0.860. The molecule has 9 heteroatoms. The van der Waals surface area contributed by atoms with Crippen molar-refractivity contribution in [3.8, 4) is 0 Å². The number of morpholine rings is 1. The van der Waals surface area contributed by atoms with Crippen molar-refractivity contribution in [2.24, 2.45) is 5.41 Å². The number of methoxy groups -OCH3 is 1. The summed E-state index contributed by atoms with van der Waals surface area (Å²) in [5.74, 6) is 0.217. The lowest BCUT2D eigenvalue weighted by Gasteiger charge is -2.42. The lowest BCUT2D eigenvalue weighted by Crippen LogP contribution is -2.56. The number of halogens is 2. The summed E-state index contributed by atoms with van der Waals surface area (Å²) in [5.41, 5.74) is -0.381. The van der Waals surface area contributed by atoms with Crippen LogP contribution in [0.1, 0.15) is 12.8 Å². The highest BCUT2D eigenvalue weighted by molar-refractivity contribution is 5.85. The van der Waals surface area contributed by atoms with Gasteiger partial charge in [-0.25, -0.2) is 0 Å². The number of hydrogen-bond acceptors (Lipinski definition) is 5. The van der Waals surface area contributed by atoms with Crippen molar-refractivity contribution in [1.29, 1.82) is 0 Å². The Kier molecular flexibility index (Phi) is 9.16. The fourth-order valence-electron chi connectivity index (χ4n) is 3.57. The molecule has 0 bridgehead atoms. The van der Waals surface area contributed by atoms with E-state index in [1.54, 1.807) is 13.3 Å². The molecule has 1 amide bonds. The molecule has 25 heavy (non-hydrogen) atoms. The maximum absolute atomic E-state index is 13.2. The van der Waals surface area contributed by atoms with E-state index in [0.29, 0.717) is 32.8 Å². The summed E-state index contributed by atoms with van der Waals surface area (Å²) in [5, 5.41) is 7.55. The maximum atomic E-state index is 13.2. The van der Waals surface area contributed by atoms with E-state index in [1.165, 1.54) is 0 Å². The summed E-state index contributed by atoms with van der Waals surface area (Å²) in [6, 6.07) is 1.90. The minimum Gasteiger partial charge on any atom is -0.384 e. The second-order valence-electron chi connectivity index (χ2n) is 6.44. The van der Waals surface area contributed by atoms with Gasteiger partial charge in [-0.2, -0.15) is 5.10 Å². The van der Waals surface area contributed by atoms with Crippen LogP contribution in [0.3, 0.4) is 0 Å². The highest BCUT2D eigenvalue weighted by atomic mass is 35.5. The van der Waals surface area contributed by atoms with Crippen LogP contribution in [0, 0.1) is 5.41 Å². The first-order valence-corrected chi connectivity index (χ1v) is 8.32. The first-order chi connectivity index (χ1) is 11.2. The minimum atomic E-state index is -0.381. The predicted octanol–water partition coefficient (Wildman–Crippen LogP) is 0.970. The zero-order valence-electron chi connectivity index (χ0n) is 14.6. The van der Waals surface area contributed by atoms with E-state index in [2.05, 4.69) is 10.4 Å². The molecule has 1 aromatic rings. The van der Waals surface area contributed by atoms with Crippen molar-refractivity contribution in [3.63, 3.8) is 0 Å². The van der Waals surface area contributed by atoms with Crippen molar-refractivity contribution in [3.05, 3.63) is 18.5 Å². The van der Waals surface area contributed by atoms with E-state index in [4.69, 9.17) is 9.47 Å². The normalized spacial score (nSPS) is 22.6. The van der Waals surface area contributed by atoms with E-state index >= 15 is 0 Å². The molecule has 1 atom stereocenters. The number of aromatic nitrogens is 2. The van der Waals surface area contributed by atoms with Crippen LogP contribution in [0.2, 0.25) is 0 Å². The smallest absolute Gasteiger partial charge is 0.231 e. The molecule has 1 unspecified atom stereocenters. The molecule has 2 fully saturated rings. The summed E-state index contributed by atoms with van der Waals surface area (Å²) in [7, 11) is 1.68. The molecule has 2 saturated heterocycles. The number of carbonyl (C=O) groups is 1. The Bertz CT molecular complexity index is 504. The molecule has 1 N–H and O–H groups in total. The largest absolute Gasteiger partial charge is 0.384 e. The second-order valence-corrected chi connectivity index (χ2v) is 6.44. The van der Waals surface area contributed by atoms with Gasteiger partial charge >= 0.3 is 0 Å². The van der Waals surface area contributed by atoms with Crippen LogP contribution in [0.5, 0.6) is 0 Å². The Morgan fingerprint density at radius 1 is 1.40 bits per heavy atom. The van der Waals surface area contributed by atoms with Gasteiger partial charge in [0.25, 0.3) is 0 Å². The van der Waals surface area contributed by atoms with Crippen LogP contribution in [0.25, 0.3) is 0 Å². The van der Waals surface area contributed by atoms with Gasteiger partial charge in [-0.15, -0.1) is 24.8 Å². The molecule has 7 nitrogen and oxygen atoms in total. The Morgan fingerprint density at radius 3 is 2.80 bits per heavy atom. The number of hydrogen-bond donors (Lipinski definition) is 1. The van der Waals surface area contributed by atoms with Gasteiger partial charge in [0.2, 0.25) is 5.91 Å². The third kappa shape index (κ3) is 5.31. The molecular formula is C16H28Cl2N4O3. The van der Waals surface area contributed by atoms with Crippen molar-refractivity contribution < 1.29 is 14.3 Å². The number of nitrogens with zero attached hydrogens (tertiary/aromatic N) is 3. The predicted molar refractivity (Wildman–Crippen MR) is 99.5 cm³/mol. The Labute approximate surface area is 161 Å². The summed E-state index contributed by atoms with van der Waals surface area (Å²) in [6.45, 7) is 4.78. The number of amides is 1. The van der Waals surface area contributed by atoms with Gasteiger partial charge in [0.1, 0.15) is 0 Å². The van der Waals surface area contributed by atoms with Gasteiger partial charge in [-0.05, 0) is 32.0 Å². The lowest BCUT2D eigenvalue weighted by molar-refractivity contribution is -0.155. The van der Waals surface area contributed by atoms with Crippen LogP contribution in [0.15, 0.2) is 18.5 Å². The molecule has 2 aliphatic rings. The zero-order chi connectivity index (χ0) is 16.1. The van der Waals surface area contributed by atoms with Crippen molar-refractivity contribution in [1.82, 2.24) is 20.0 Å². The quantitative estimate of drug-likeness (QED) is 0.805. The SMILES string of the molecule is COCC1(C(=O)N2CCOC(Cn3cccn3)C2)CCNCC1.Cl.Cl. The summed E-state index contributed by atoms with van der Waals surface area (Å²) >= 11 is 0. The Balaban J connectivity index is 0.00000156. The highest BCUT2D eigenvalue weighted by Crippen LogP contribution is 2.32. The van der Waals surface area contributed by atoms with Crippen molar-refractivity contribution in [2.45, 2.75) is 25.5 Å². The number of piperidine rings is 1. The third-order valence-electron chi connectivity index (χ3n) is 4.81. The van der Waals surface area contributed by atoms with Crippen LogP contribution in [-0.2, 0) is 20.8 Å². The van der Waals surface area contributed by atoms with Gasteiger partial charge in [0.15, 0.2) is 0 Å². The monoisotopic (exact) mass is 394 g/mol. The summed E-state index contributed by atoms with van der Waals surface area (Å²) < 4.78 is 13.1. The average Bonchev–Trinajstić information content (AvgIpc) is 3.08. The number of rotatable bonds is 5.